The third-order valence-corrected chi connectivity index (χ3v) is 8.26. The zero-order chi connectivity index (χ0) is 31.8. The molecule has 1 aliphatic rings. The Hall–Kier alpha value is -4.46. The summed E-state index contributed by atoms with van der Waals surface area (Å²) >= 11 is 0. The number of hydrogen-bond acceptors (Lipinski definition) is 9. The highest BCUT2D eigenvalue weighted by Crippen LogP contribution is 2.38. The lowest BCUT2D eigenvalue weighted by atomic mass is 10.1. The molecule has 0 saturated carbocycles. The summed E-state index contributed by atoms with van der Waals surface area (Å²) in [4.78, 5) is 16.8. The van der Waals surface area contributed by atoms with Crippen molar-refractivity contribution in [3.63, 3.8) is 0 Å². The number of halogens is 1. The minimum atomic E-state index is -3.98. The average molecular weight is 639 g/mol. The van der Waals surface area contributed by atoms with Crippen LogP contribution < -0.4 is 29.6 Å². The van der Waals surface area contributed by atoms with E-state index in [1.165, 1.54) is 25.4 Å². The van der Waals surface area contributed by atoms with Crippen LogP contribution in [0.3, 0.4) is 0 Å². The molecule has 1 atom stereocenters. The largest absolute Gasteiger partial charge is 0.493 e. The number of amides is 2. The molecule has 5 rings (SSSR count). The molecule has 0 spiro atoms. The zero-order valence-corrected chi connectivity index (χ0v) is 25.8. The van der Waals surface area contributed by atoms with Crippen molar-refractivity contribution in [1.82, 2.24) is 15.0 Å². The molecular formula is C32H35FN4O7S. The van der Waals surface area contributed by atoms with Crippen molar-refractivity contribution in [1.29, 1.82) is 0 Å². The van der Waals surface area contributed by atoms with Gasteiger partial charge in [0.2, 0.25) is 10.0 Å². The topological polar surface area (TPSA) is 137 Å². The molecule has 4 aromatic rings. The van der Waals surface area contributed by atoms with Gasteiger partial charge < -0.3 is 29.6 Å². The molecule has 1 aliphatic heterocycles. The molecule has 1 unspecified atom stereocenters. The molecule has 1 fully saturated rings. The summed E-state index contributed by atoms with van der Waals surface area (Å²) in [6.07, 6.45) is 3.39. The molecule has 3 N–H and O–H groups in total. The first kappa shape index (κ1) is 31.9. The number of sulfonamides is 1. The van der Waals surface area contributed by atoms with Crippen LogP contribution in [0, 0.1) is 12.7 Å². The molecule has 1 aromatic heterocycles. The lowest BCUT2D eigenvalue weighted by molar-refractivity contribution is 0.0203. The van der Waals surface area contributed by atoms with Gasteiger partial charge in [-0.1, -0.05) is 29.8 Å². The van der Waals surface area contributed by atoms with E-state index in [0.29, 0.717) is 46.9 Å². The molecule has 0 aliphatic carbocycles. The van der Waals surface area contributed by atoms with Gasteiger partial charge in [0, 0.05) is 42.5 Å². The highest BCUT2D eigenvalue weighted by atomic mass is 32.2. The number of nitrogens with one attached hydrogen (secondary N) is 3. The van der Waals surface area contributed by atoms with Gasteiger partial charge in [-0.05, 0) is 49.6 Å². The predicted molar refractivity (Wildman–Crippen MR) is 168 cm³/mol. The van der Waals surface area contributed by atoms with Gasteiger partial charge in [0.25, 0.3) is 0 Å². The van der Waals surface area contributed by atoms with Crippen molar-refractivity contribution >= 4 is 32.6 Å². The summed E-state index contributed by atoms with van der Waals surface area (Å²) < 4.78 is 65.0. The van der Waals surface area contributed by atoms with E-state index < -0.39 is 21.9 Å². The maximum absolute atomic E-state index is 15.1. The van der Waals surface area contributed by atoms with Crippen LogP contribution in [0.2, 0.25) is 0 Å². The van der Waals surface area contributed by atoms with Gasteiger partial charge in [-0.25, -0.2) is 22.3 Å². The number of urea groups is 1. The molecular weight excluding hydrogens is 603 g/mol. The summed E-state index contributed by atoms with van der Waals surface area (Å²) in [5.74, 6) is 0.0562. The second-order valence-electron chi connectivity index (χ2n) is 10.6. The van der Waals surface area contributed by atoms with Crippen LogP contribution in [-0.4, -0.2) is 58.9 Å². The lowest BCUT2D eigenvalue weighted by Gasteiger charge is -2.23. The van der Waals surface area contributed by atoms with Crippen molar-refractivity contribution in [2.75, 3.05) is 38.7 Å². The number of aromatic nitrogens is 1. The second-order valence-corrected chi connectivity index (χ2v) is 12.3. The van der Waals surface area contributed by atoms with Crippen molar-refractivity contribution in [3.8, 4) is 23.0 Å². The van der Waals surface area contributed by atoms with Gasteiger partial charge >= 0.3 is 6.03 Å². The number of methoxy groups -OCH3 is 1. The molecule has 0 radical (unpaired) electrons. The monoisotopic (exact) mass is 638 g/mol. The minimum absolute atomic E-state index is 0.0391. The number of anilines is 1. The van der Waals surface area contributed by atoms with E-state index in [-0.39, 0.29) is 23.3 Å². The summed E-state index contributed by atoms with van der Waals surface area (Å²) in [6.45, 7) is 4.78. The molecule has 2 heterocycles. The van der Waals surface area contributed by atoms with E-state index in [1.807, 2.05) is 11.6 Å². The molecule has 238 valence electrons. The third kappa shape index (κ3) is 8.81. The smallest absolute Gasteiger partial charge is 0.332 e. The number of hydrogen-bond donors (Lipinski definition) is 3. The van der Waals surface area contributed by atoms with Gasteiger partial charge in [-0.3, -0.25) is 4.98 Å². The number of morpholine rings is 1. The Balaban J connectivity index is 1.21. The Bertz CT molecular complexity index is 1750. The summed E-state index contributed by atoms with van der Waals surface area (Å²) in [5, 5.41) is 6.23. The van der Waals surface area contributed by atoms with Crippen molar-refractivity contribution < 1.29 is 36.6 Å². The standard InChI is InChI=1S/C32H35FN4O7S/c1-21-5-7-22(8-6-21)20-45(39,40)37-32(38)36-23-9-10-29(26(33)16-23)44-28-11-12-35-27-18-31(30(41-2)17-25(27)28)43-14-3-4-24-19-34-13-15-42-24/h5-12,16-18,24,34H,3-4,13-15,19-20H2,1-2H3,(H2,36,37,38). The fourth-order valence-corrected chi connectivity index (χ4v) is 5.84. The van der Waals surface area contributed by atoms with Crippen molar-refractivity contribution in [2.45, 2.75) is 31.6 Å². The number of ether oxygens (including phenoxy) is 4. The highest BCUT2D eigenvalue weighted by molar-refractivity contribution is 7.89. The Morgan fingerprint density at radius 3 is 2.62 bits per heavy atom. The average Bonchev–Trinajstić information content (AvgIpc) is 3.01. The molecule has 0 bridgehead atoms. The number of rotatable bonds is 12. The first-order valence-electron chi connectivity index (χ1n) is 14.5. The number of carbonyl (C=O) groups is 1. The molecule has 13 heteroatoms. The molecule has 45 heavy (non-hydrogen) atoms. The summed E-state index contributed by atoms with van der Waals surface area (Å²) in [7, 11) is -2.45. The third-order valence-electron chi connectivity index (χ3n) is 7.05. The summed E-state index contributed by atoms with van der Waals surface area (Å²) in [6, 6.07) is 14.7. The van der Waals surface area contributed by atoms with E-state index in [4.69, 9.17) is 18.9 Å². The van der Waals surface area contributed by atoms with E-state index in [9.17, 15) is 13.2 Å². The van der Waals surface area contributed by atoms with Crippen LogP contribution >= 0.6 is 0 Å². The molecule has 11 nitrogen and oxygen atoms in total. The molecule has 1 saturated heterocycles. The van der Waals surface area contributed by atoms with Crippen LogP contribution in [0.4, 0.5) is 14.9 Å². The van der Waals surface area contributed by atoms with Crippen LogP contribution in [0.15, 0.2) is 66.9 Å². The number of aryl methyl sites for hydroxylation is 1. The fourth-order valence-electron chi connectivity index (χ4n) is 4.81. The van der Waals surface area contributed by atoms with Gasteiger partial charge in [-0.15, -0.1) is 0 Å². The first-order valence-corrected chi connectivity index (χ1v) is 16.1. The highest BCUT2D eigenvalue weighted by Gasteiger charge is 2.18. The van der Waals surface area contributed by atoms with Crippen LogP contribution in [-0.2, 0) is 20.5 Å². The molecule has 2 amide bonds. The van der Waals surface area contributed by atoms with Crippen LogP contribution in [0.5, 0.6) is 23.0 Å². The number of fused-ring (bicyclic) bond motifs is 1. The van der Waals surface area contributed by atoms with Crippen LogP contribution in [0.25, 0.3) is 10.9 Å². The minimum Gasteiger partial charge on any atom is -0.493 e. The Morgan fingerprint density at radius 2 is 1.89 bits per heavy atom. The quantitative estimate of drug-likeness (QED) is 0.177. The fraction of sp³-hybridized carbons (Fsp3) is 0.312. The number of nitrogens with zero attached hydrogens (tertiary/aromatic N) is 1. The van der Waals surface area contributed by atoms with E-state index in [2.05, 4.69) is 15.6 Å². The second kappa shape index (κ2) is 14.5. The van der Waals surface area contributed by atoms with Gasteiger partial charge in [0.1, 0.15) is 5.75 Å². The van der Waals surface area contributed by atoms with E-state index in [0.717, 1.165) is 37.6 Å². The van der Waals surface area contributed by atoms with E-state index >= 15 is 4.39 Å². The van der Waals surface area contributed by atoms with Crippen molar-refractivity contribution in [2.24, 2.45) is 0 Å². The maximum Gasteiger partial charge on any atom is 0.332 e. The number of pyridine rings is 1. The normalized spacial score (nSPS) is 15.0. The number of benzene rings is 3. The van der Waals surface area contributed by atoms with Gasteiger partial charge in [-0.2, -0.15) is 0 Å². The number of carbonyl (C=O) groups excluding carboxylic acids is 1. The predicted octanol–water partition coefficient (Wildman–Crippen LogP) is 5.28. The van der Waals surface area contributed by atoms with Gasteiger partial charge in [0.05, 0.1) is 37.7 Å². The Kier molecular flexibility index (Phi) is 10.3. The SMILES string of the molecule is COc1cc2c(Oc3ccc(NC(=O)NS(=O)(=O)Cc4ccc(C)cc4)cc3F)ccnc2cc1OCCCC1CNCCO1. The van der Waals surface area contributed by atoms with Crippen LogP contribution in [0.1, 0.15) is 24.0 Å². The lowest BCUT2D eigenvalue weighted by Crippen LogP contribution is -2.38. The Morgan fingerprint density at radius 1 is 1.07 bits per heavy atom. The van der Waals surface area contributed by atoms with Crippen molar-refractivity contribution in [3.05, 3.63) is 83.8 Å². The molecule has 3 aromatic carbocycles. The Labute approximate surface area is 261 Å². The first-order chi connectivity index (χ1) is 21.7. The van der Waals surface area contributed by atoms with Gasteiger partial charge in [0.15, 0.2) is 23.1 Å². The zero-order valence-electron chi connectivity index (χ0n) is 25.0. The maximum atomic E-state index is 15.1. The van der Waals surface area contributed by atoms with E-state index in [1.54, 1.807) is 42.5 Å². The summed E-state index contributed by atoms with van der Waals surface area (Å²) in [5.41, 5.74) is 2.11.